The van der Waals surface area contributed by atoms with Crippen molar-refractivity contribution in [3.05, 3.63) is 65.7 Å². The zero-order valence-corrected chi connectivity index (χ0v) is 12.8. The molecule has 0 aliphatic carbocycles. The molecule has 0 spiro atoms. The van der Waals surface area contributed by atoms with E-state index in [4.69, 9.17) is 4.74 Å². The van der Waals surface area contributed by atoms with Crippen LogP contribution in [0.1, 0.15) is 24.0 Å². The predicted octanol–water partition coefficient (Wildman–Crippen LogP) is 3.22. The Hall–Kier alpha value is -1.84. The van der Waals surface area contributed by atoms with Crippen molar-refractivity contribution in [2.75, 3.05) is 13.1 Å². The molecule has 2 aromatic rings. The third-order valence-corrected chi connectivity index (χ3v) is 4.06. The molecule has 1 N–H and O–H groups in total. The van der Waals surface area contributed by atoms with Gasteiger partial charge in [-0.3, -0.25) is 4.90 Å². The molecule has 0 radical (unpaired) electrons. The minimum absolute atomic E-state index is 0.165. The number of hydrogen-bond donors (Lipinski definition) is 1. The molecule has 0 bridgehead atoms. The van der Waals surface area contributed by atoms with Gasteiger partial charge in [-0.05, 0) is 42.6 Å². The van der Waals surface area contributed by atoms with Crippen LogP contribution in [0.15, 0.2) is 54.6 Å². The smallest absolute Gasteiger partial charge is 0.119 e. The monoisotopic (exact) mass is 297 g/mol. The normalized spacial score (nSPS) is 19.0. The Bertz CT molecular complexity index is 568. The van der Waals surface area contributed by atoms with Crippen molar-refractivity contribution < 1.29 is 9.84 Å². The zero-order chi connectivity index (χ0) is 15.2. The van der Waals surface area contributed by atoms with Crippen molar-refractivity contribution in [3.8, 4) is 5.75 Å². The van der Waals surface area contributed by atoms with E-state index in [-0.39, 0.29) is 6.10 Å². The summed E-state index contributed by atoms with van der Waals surface area (Å²) in [6.07, 6.45) is 1.85. The van der Waals surface area contributed by atoms with Crippen molar-refractivity contribution >= 4 is 0 Å². The van der Waals surface area contributed by atoms with Gasteiger partial charge in [0.25, 0.3) is 0 Å². The second-order valence-electron chi connectivity index (χ2n) is 5.95. The van der Waals surface area contributed by atoms with E-state index in [0.717, 1.165) is 38.2 Å². The van der Waals surface area contributed by atoms with Gasteiger partial charge in [0.2, 0.25) is 0 Å². The third kappa shape index (κ3) is 4.33. The predicted molar refractivity (Wildman–Crippen MR) is 87.7 cm³/mol. The van der Waals surface area contributed by atoms with Crippen LogP contribution >= 0.6 is 0 Å². The molecule has 0 unspecified atom stereocenters. The van der Waals surface area contributed by atoms with Crippen LogP contribution in [0.2, 0.25) is 0 Å². The standard InChI is InChI=1S/C19H23NO2/c21-18-7-4-12-20(14-18)13-16-8-10-19(11-9-16)22-15-17-5-2-1-3-6-17/h1-3,5-6,8-11,18,21H,4,7,12-15H2/t18-/m0/s1. The average Bonchev–Trinajstić information content (AvgIpc) is 2.55. The van der Waals surface area contributed by atoms with Crippen LogP contribution in [0.5, 0.6) is 5.75 Å². The van der Waals surface area contributed by atoms with Crippen LogP contribution in [0.4, 0.5) is 0 Å². The van der Waals surface area contributed by atoms with Crippen molar-refractivity contribution in [2.45, 2.75) is 32.1 Å². The fourth-order valence-corrected chi connectivity index (χ4v) is 2.86. The third-order valence-electron chi connectivity index (χ3n) is 4.06. The van der Waals surface area contributed by atoms with E-state index < -0.39 is 0 Å². The van der Waals surface area contributed by atoms with Gasteiger partial charge in [-0.2, -0.15) is 0 Å². The van der Waals surface area contributed by atoms with E-state index in [9.17, 15) is 5.11 Å². The van der Waals surface area contributed by atoms with Gasteiger partial charge < -0.3 is 9.84 Å². The lowest BCUT2D eigenvalue weighted by Gasteiger charge is -2.29. The Labute approximate surface area is 132 Å². The SMILES string of the molecule is O[C@H]1CCCN(Cc2ccc(OCc3ccccc3)cc2)C1. The summed E-state index contributed by atoms with van der Waals surface area (Å²) >= 11 is 0. The summed E-state index contributed by atoms with van der Waals surface area (Å²) < 4.78 is 5.80. The summed E-state index contributed by atoms with van der Waals surface area (Å²) in [5.74, 6) is 0.895. The number of piperidine rings is 1. The van der Waals surface area contributed by atoms with Gasteiger partial charge in [-0.25, -0.2) is 0 Å². The Morgan fingerprint density at radius 1 is 1.00 bits per heavy atom. The number of β-amino-alcohol motifs (C(OH)–C–C–N with tert-alkyl or cyclic N) is 1. The summed E-state index contributed by atoms with van der Waals surface area (Å²) in [4.78, 5) is 2.31. The van der Waals surface area contributed by atoms with E-state index >= 15 is 0 Å². The van der Waals surface area contributed by atoms with E-state index in [1.54, 1.807) is 0 Å². The quantitative estimate of drug-likeness (QED) is 0.920. The Kier molecular flexibility index (Phi) is 5.09. The molecule has 1 saturated heterocycles. The maximum atomic E-state index is 9.72. The van der Waals surface area contributed by atoms with Crippen LogP contribution in [-0.2, 0) is 13.2 Å². The fourth-order valence-electron chi connectivity index (χ4n) is 2.86. The van der Waals surface area contributed by atoms with Gasteiger partial charge in [0.05, 0.1) is 6.10 Å². The molecule has 3 heteroatoms. The van der Waals surface area contributed by atoms with Gasteiger partial charge in [0.15, 0.2) is 0 Å². The first-order chi connectivity index (χ1) is 10.8. The highest BCUT2D eigenvalue weighted by Crippen LogP contribution is 2.17. The molecule has 3 rings (SSSR count). The van der Waals surface area contributed by atoms with Crippen molar-refractivity contribution in [3.63, 3.8) is 0 Å². The molecule has 3 nitrogen and oxygen atoms in total. The van der Waals surface area contributed by atoms with Gasteiger partial charge in [-0.1, -0.05) is 42.5 Å². The molecule has 0 aromatic heterocycles. The zero-order valence-electron chi connectivity index (χ0n) is 12.8. The van der Waals surface area contributed by atoms with Crippen LogP contribution in [0.25, 0.3) is 0 Å². The summed E-state index contributed by atoms with van der Waals surface area (Å²) in [5, 5.41) is 9.72. The summed E-state index contributed by atoms with van der Waals surface area (Å²) in [5.41, 5.74) is 2.44. The van der Waals surface area contributed by atoms with Gasteiger partial charge in [0, 0.05) is 13.1 Å². The summed E-state index contributed by atoms with van der Waals surface area (Å²) in [6, 6.07) is 18.5. The van der Waals surface area contributed by atoms with Gasteiger partial charge >= 0.3 is 0 Å². The van der Waals surface area contributed by atoms with Crippen LogP contribution in [0.3, 0.4) is 0 Å². The van der Waals surface area contributed by atoms with Gasteiger partial charge in [0.1, 0.15) is 12.4 Å². The molecule has 0 amide bonds. The van der Waals surface area contributed by atoms with E-state index in [0.29, 0.717) is 6.61 Å². The first-order valence-corrected chi connectivity index (χ1v) is 7.96. The number of benzene rings is 2. The van der Waals surface area contributed by atoms with Crippen molar-refractivity contribution in [1.82, 2.24) is 4.90 Å². The van der Waals surface area contributed by atoms with E-state index in [1.165, 1.54) is 11.1 Å². The second-order valence-corrected chi connectivity index (χ2v) is 5.95. The number of nitrogens with zero attached hydrogens (tertiary/aromatic N) is 1. The Balaban J connectivity index is 1.51. The minimum Gasteiger partial charge on any atom is -0.489 e. The highest BCUT2D eigenvalue weighted by molar-refractivity contribution is 5.27. The van der Waals surface area contributed by atoms with Gasteiger partial charge in [-0.15, -0.1) is 0 Å². The van der Waals surface area contributed by atoms with Crippen molar-refractivity contribution in [1.29, 1.82) is 0 Å². The average molecular weight is 297 g/mol. The lowest BCUT2D eigenvalue weighted by molar-refractivity contribution is 0.0668. The number of aliphatic hydroxyl groups excluding tert-OH is 1. The van der Waals surface area contributed by atoms with Crippen LogP contribution in [0, 0.1) is 0 Å². The lowest BCUT2D eigenvalue weighted by atomic mass is 10.1. The highest BCUT2D eigenvalue weighted by Gasteiger charge is 2.17. The molecule has 1 fully saturated rings. The topological polar surface area (TPSA) is 32.7 Å². The van der Waals surface area contributed by atoms with E-state index in [2.05, 4.69) is 29.2 Å². The number of ether oxygens (including phenoxy) is 1. The molecular formula is C19H23NO2. The fraction of sp³-hybridized carbons (Fsp3) is 0.368. The lowest BCUT2D eigenvalue weighted by Crippen LogP contribution is -2.37. The van der Waals surface area contributed by atoms with E-state index in [1.807, 2.05) is 30.3 Å². The largest absolute Gasteiger partial charge is 0.489 e. The highest BCUT2D eigenvalue weighted by atomic mass is 16.5. The Morgan fingerprint density at radius 2 is 1.77 bits per heavy atom. The molecule has 22 heavy (non-hydrogen) atoms. The first kappa shape index (κ1) is 15.1. The maximum absolute atomic E-state index is 9.72. The molecule has 1 atom stereocenters. The molecule has 1 aliphatic heterocycles. The number of aliphatic hydroxyl groups is 1. The number of hydrogen-bond acceptors (Lipinski definition) is 3. The number of likely N-dealkylation sites (tertiary alicyclic amines) is 1. The maximum Gasteiger partial charge on any atom is 0.119 e. The minimum atomic E-state index is -0.165. The second kappa shape index (κ2) is 7.43. The number of rotatable bonds is 5. The first-order valence-electron chi connectivity index (χ1n) is 7.96. The summed E-state index contributed by atoms with van der Waals surface area (Å²) in [6.45, 7) is 3.35. The van der Waals surface area contributed by atoms with Crippen LogP contribution in [-0.4, -0.2) is 29.2 Å². The molecule has 0 saturated carbocycles. The molecular weight excluding hydrogens is 274 g/mol. The summed E-state index contributed by atoms with van der Waals surface area (Å²) in [7, 11) is 0. The van der Waals surface area contributed by atoms with Crippen molar-refractivity contribution in [2.24, 2.45) is 0 Å². The Morgan fingerprint density at radius 3 is 2.50 bits per heavy atom. The molecule has 1 aliphatic rings. The molecule has 1 heterocycles. The molecule has 116 valence electrons. The molecule has 2 aromatic carbocycles. The van der Waals surface area contributed by atoms with Crippen LogP contribution < -0.4 is 4.74 Å².